The lowest BCUT2D eigenvalue weighted by Crippen LogP contribution is -2.03. The van der Waals surface area contributed by atoms with Gasteiger partial charge in [0.2, 0.25) is 0 Å². The van der Waals surface area contributed by atoms with Crippen molar-refractivity contribution in [2.24, 2.45) is 5.73 Å². The average molecular weight is 188 g/mol. The summed E-state index contributed by atoms with van der Waals surface area (Å²) in [6, 6.07) is 5.82. The highest BCUT2D eigenvalue weighted by molar-refractivity contribution is 5.54. The number of nitrogens with one attached hydrogen (secondary N) is 1. The molecule has 0 saturated heterocycles. The van der Waals surface area contributed by atoms with E-state index in [0.717, 1.165) is 22.9 Å². The van der Waals surface area contributed by atoms with Crippen molar-refractivity contribution in [2.45, 2.75) is 13.5 Å². The van der Waals surface area contributed by atoms with E-state index in [9.17, 15) is 0 Å². The Kier molecular flexibility index (Phi) is 2.28. The molecule has 0 spiro atoms. The van der Waals surface area contributed by atoms with E-state index in [1.807, 2.05) is 31.3 Å². The van der Waals surface area contributed by atoms with Gasteiger partial charge in [0.25, 0.3) is 0 Å². The Morgan fingerprint density at radius 2 is 2.29 bits per heavy atom. The van der Waals surface area contributed by atoms with Gasteiger partial charge in [-0.15, -0.1) is 0 Å². The Hall–Kier alpha value is -1.68. The zero-order chi connectivity index (χ0) is 9.97. The Morgan fingerprint density at radius 1 is 1.43 bits per heavy atom. The molecule has 0 bridgehead atoms. The van der Waals surface area contributed by atoms with Crippen LogP contribution in [0.2, 0.25) is 0 Å². The van der Waals surface area contributed by atoms with Gasteiger partial charge in [0, 0.05) is 12.7 Å². The van der Waals surface area contributed by atoms with E-state index in [1.54, 1.807) is 0 Å². The molecule has 0 aliphatic rings. The van der Waals surface area contributed by atoms with Crippen LogP contribution in [0, 0.1) is 6.92 Å². The molecule has 0 amide bonds. The standard InChI is InChI=1S/C10H12N4/c1-7-13-8(6-11)5-10(14-7)9-3-2-4-12-9/h2-5,12H,6,11H2,1H3. The molecule has 2 heterocycles. The summed E-state index contributed by atoms with van der Waals surface area (Å²) in [6.07, 6.45) is 1.87. The quantitative estimate of drug-likeness (QED) is 0.745. The highest BCUT2D eigenvalue weighted by atomic mass is 14.9. The van der Waals surface area contributed by atoms with Crippen LogP contribution in [-0.4, -0.2) is 15.0 Å². The zero-order valence-electron chi connectivity index (χ0n) is 7.99. The van der Waals surface area contributed by atoms with E-state index in [1.165, 1.54) is 0 Å². The molecular weight excluding hydrogens is 176 g/mol. The van der Waals surface area contributed by atoms with Gasteiger partial charge < -0.3 is 10.7 Å². The van der Waals surface area contributed by atoms with Crippen molar-refractivity contribution in [3.05, 3.63) is 35.9 Å². The third-order valence-electron chi connectivity index (χ3n) is 1.97. The zero-order valence-corrected chi connectivity index (χ0v) is 7.99. The number of rotatable bonds is 2. The van der Waals surface area contributed by atoms with Crippen LogP contribution < -0.4 is 5.73 Å². The van der Waals surface area contributed by atoms with E-state index in [2.05, 4.69) is 15.0 Å². The van der Waals surface area contributed by atoms with Crippen LogP contribution in [0.4, 0.5) is 0 Å². The largest absolute Gasteiger partial charge is 0.360 e. The number of nitrogens with two attached hydrogens (primary N) is 1. The number of hydrogen-bond donors (Lipinski definition) is 2. The summed E-state index contributed by atoms with van der Waals surface area (Å²) in [5, 5.41) is 0. The van der Waals surface area contributed by atoms with Gasteiger partial charge in [-0.1, -0.05) is 0 Å². The molecule has 0 aromatic carbocycles. The molecular formula is C10H12N4. The molecule has 0 aliphatic heterocycles. The minimum Gasteiger partial charge on any atom is -0.360 e. The molecule has 0 aliphatic carbocycles. The SMILES string of the molecule is Cc1nc(CN)cc(-c2ccc[nH]2)n1. The maximum Gasteiger partial charge on any atom is 0.126 e. The first-order chi connectivity index (χ1) is 6.79. The molecule has 0 saturated carbocycles. The van der Waals surface area contributed by atoms with Gasteiger partial charge in [-0.2, -0.15) is 0 Å². The van der Waals surface area contributed by atoms with Crippen molar-refractivity contribution < 1.29 is 0 Å². The van der Waals surface area contributed by atoms with Crippen molar-refractivity contribution in [1.82, 2.24) is 15.0 Å². The smallest absolute Gasteiger partial charge is 0.126 e. The maximum absolute atomic E-state index is 5.54. The topological polar surface area (TPSA) is 67.6 Å². The van der Waals surface area contributed by atoms with Crippen molar-refractivity contribution in [1.29, 1.82) is 0 Å². The number of aromatic nitrogens is 3. The summed E-state index contributed by atoms with van der Waals surface area (Å²) in [5.41, 5.74) is 8.29. The second-order valence-electron chi connectivity index (χ2n) is 3.08. The molecule has 0 radical (unpaired) electrons. The average Bonchev–Trinajstić information content (AvgIpc) is 2.69. The monoisotopic (exact) mass is 188 g/mol. The van der Waals surface area contributed by atoms with Crippen LogP contribution in [0.3, 0.4) is 0 Å². The fraction of sp³-hybridized carbons (Fsp3) is 0.200. The van der Waals surface area contributed by atoms with Crippen LogP contribution in [0.5, 0.6) is 0 Å². The van der Waals surface area contributed by atoms with Crippen molar-refractivity contribution in [3.63, 3.8) is 0 Å². The molecule has 0 atom stereocenters. The predicted molar refractivity (Wildman–Crippen MR) is 54.4 cm³/mol. The van der Waals surface area contributed by atoms with Gasteiger partial charge in [-0.25, -0.2) is 9.97 Å². The van der Waals surface area contributed by atoms with Gasteiger partial charge in [0.05, 0.1) is 17.1 Å². The third kappa shape index (κ3) is 1.65. The van der Waals surface area contributed by atoms with Crippen molar-refractivity contribution in [2.75, 3.05) is 0 Å². The Bertz CT molecular complexity index is 420. The second kappa shape index (κ2) is 3.59. The van der Waals surface area contributed by atoms with Gasteiger partial charge >= 0.3 is 0 Å². The van der Waals surface area contributed by atoms with Crippen LogP contribution in [0.1, 0.15) is 11.5 Å². The van der Waals surface area contributed by atoms with E-state index >= 15 is 0 Å². The molecule has 2 rings (SSSR count). The number of hydrogen-bond acceptors (Lipinski definition) is 3. The molecule has 72 valence electrons. The van der Waals surface area contributed by atoms with Crippen molar-refractivity contribution in [3.8, 4) is 11.4 Å². The molecule has 2 aromatic heterocycles. The van der Waals surface area contributed by atoms with Gasteiger partial charge in [-0.3, -0.25) is 0 Å². The lowest BCUT2D eigenvalue weighted by molar-refractivity contribution is 0.928. The van der Waals surface area contributed by atoms with Crippen LogP contribution in [0.15, 0.2) is 24.4 Å². The van der Waals surface area contributed by atoms with E-state index < -0.39 is 0 Å². The van der Waals surface area contributed by atoms with E-state index in [4.69, 9.17) is 5.73 Å². The molecule has 4 heteroatoms. The maximum atomic E-state index is 5.54. The molecule has 0 fully saturated rings. The number of nitrogens with zero attached hydrogens (tertiary/aromatic N) is 2. The van der Waals surface area contributed by atoms with Crippen LogP contribution in [0.25, 0.3) is 11.4 Å². The number of H-pyrrole nitrogens is 1. The summed E-state index contributed by atoms with van der Waals surface area (Å²) in [5.74, 6) is 0.748. The summed E-state index contributed by atoms with van der Waals surface area (Å²) in [6.45, 7) is 2.31. The minimum absolute atomic E-state index is 0.442. The summed E-state index contributed by atoms with van der Waals surface area (Å²) >= 11 is 0. The molecule has 14 heavy (non-hydrogen) atoms. The molecule has 4 nitrogen and oxygen atoms in total. The lowest BCUT2D eigenvalue weighted by atomic mass is 10.2. The molecule has 0 unspecified atom stereocenters. The predicted octanol–water partition coefficient (Wildman–Crippen LogP) is 1.24. The van der Waals surface area contributed by atoms with E-state index in [0.29, 0.717) is 6.54 Å². The fourth-order valence-electron chi connectivity index (χ4n) is 1.36. The summed E-state index contributed by atoms with van der Waals surface area (Å²) < 4.78 is 0. The lowest BCUT2D eigenvalue weighted by Gasteiger charge is -2.02. The van der Waals surface area contributed by atoms with Gasteiger partial charge in [-0.05, 0) is 25.1 Å². The minimum atomic E-state index is 0.442. The fourth-order valence-corrected chi connectivity index (χ4v) is 1.36. The molecule has 3 N–H and O–H groups in total. The summed E-state index contributed by atoms with van der Waals surface area (Å²) in [4.78, 5) is 11.6. The van der Waals surface area contributed by atoms with Crippen LogP contribution >= 0.6 is 0 Å². The van der Waals surface area contributed by atoms with E-state index in [-0.39, 0.29) is 0 Å². The highest BCUT2D eigenvalue weighted by Crippen LogP contribution is 2.14. The Morgan fingerprint density at radius 3 is 2.93 bits per heavy atom. The number of aryl methyl sites for hydroxylation is 1. The van der Waals surface area contributed by atoms with Gasteiger partial charge in [0.15, 0.2) is 0 Å². The molecule has 2 aromatic rings. The Balaban J connectivity index is 2.48. The normalized spacial score (nSPS) is 10.4. The first kappa shape index (κ1) is 8.90. The van der Waals surface area contributed by atoms with Gasteiger partial charge in [0.1, 0.15) is 5.82 Å². The summed E-state index contributed by atoms with van der Waals surface area (Å²) in [7, 11) is 0. The second-order valence-corrected chi connectivity index (χ2v) is 3.08. The first-order valence-corrected chi connectivity index (χ1v) is 4.48. The van der Waals surface area contributed by atoms with Crippen molar-refractivity contribution >= 4 is 0 Å². The number of aromatic amines is 1. The Labute approximate surface area is 82.2 Å². The van der Waals surface area contributed by atoms with Crippen LogP contribution in [-0.2, 0) is 6.54 Å². The highest BCUT2D eigenvalue weighted by Gasteiger charge is 2.03. The third-order valence-corrected chi connectivity index (χ3v) is 1.97. The first-order valence-electron chi connectivity index (χ1n) is 4.48.